The Hall–Kier alpha value is -2.53. The first-order chi connectivity index (χ1) is 9.76. The SMILES string of the molecule is COCc1nc(N)cc(-c2cnc3ccccc3c2)n1. The second-order valence-corrected chi connectivity index (χ2v) is 4.44. The van der Waals surface area contributed by atoms with Crippen LogP contribution in [0.5, 0.6) is 0 Å². The average Bonchev–Trinajstić information content (AvgIpc) is 2.46. The lowest BCUT2D eigenvalue weighted by molar-refractivity contribution is 0.178. The minimum atomic E-state index is 0.332. The van der Waals surface area contributed by atoms with E-state index in [4.69, 9.17) is 10.5 Å². The third-order valence-electron chi connectivity index (χ3n) is 2.95. The first-order valence-corrected chi connectivity index (χ1v) is 6.24. The number of rotatable bonds is 3. The molecule has 5 heteroatoms. The smallest absolute Gasteiger partial charge is 0.157 e. The molecule has 2 heterocycles. The summed E-state index contributed by atoms with van der Waals surface area (Å²) >= 11 is 0. The molecule has 0 aliphatic carbocycles. The number of benzene rings is 1. The Morgan fingerprint density at radius 1 is 1.15 bits per heavy atom. The molecule has 0 saturated heterocycles. The predicted octanol–water partition coefficient (Wildman–Crippen LogP) is 2.42. The van der Waals surface area contributed by atoms with E-state index in [1.54, 1.807) is 19.4 Å². The molecule has 3 rings (SSSR count). The van der Waals surface area contributed by atoms with E-state index in [2.05, 4.69) is 15.0 Å². The van der Waals surface area contributed by atoms with Gasteiger partial charge in [-0.25, -0.2) is 9.97 Å². The van der Waals surface area contributed by atoms with E-state index in [0.717, 1.165) is 22.2 Å². The second-order valence-electron chi connectivity index (χ2n) is 4.44. The molecule has 0 bridgehead atoms. The van der Waals surface area contributed by atoms with Crippen molar-refractivity contribution in [2.75, 3.05) is 12.8 Å². The molecule has 1 aromatic carbocycles. The topological polar surface area (TPSA) is 73.9 Å². The maximum absolute atomic E-state index is 5.81. The summed E-state index contributed by atoms with van der Waals surface area (Å²) in [7, 11) is 1.60. The normalized spacial score (nSPS) is 10.8. The van der Waals surface area contributed by atoms with Crippen LogP contribution in [0.2, 0.25) is 0 Å². The highest BCUT2D eigenvalue weighted by atomic mass is 16.5. The van der Waals surface area contributed by atoms with Gasteiger partial charge in [0.15, 0.2) is 5.82 Å². The first-order valence-electron chi connectivity index (χ1n) is 6.24. The molecule has 0 fully saturated rings. The standard InChI is InChI=1S/C15H14N4O/c1-20-9-15-18-13(7-14(16)19-15)11-6-10-4-2-3-5-12(10)17-8-11/h2-8H,9H2,1H3,(H2,16,18,19). The van der Waals surface area contributed by atoms with Crippen molar-refractivity contribution in [2.24, 2.45) is 0 Å². The van der Waals surface area contributed by atoms with Crippen LogP contribution in [0.1, 0.15) is 5.82 Å². The highest BCUT2D eigenvalue weighted by Gasteiger charge is 2.06. The minimum absolute atomic E-state index is 0.332. The predicted molar refractivity (Wildman–Crippen MR) is 77.9 cm³/mol. The number of pyridine rings is 1. The van der Waals surface area contributed by atoms with Gasteiger partial charge in [0.05, 0.1) is 11.2 Å². The Kier molecular flexibility index (Phi) is 3.26. The van der Waals surface area contributed by atoms with Crippen LogP contribution in [-0.4, -0.2) is 22.1 Å². The first kappa shape index (κ1) is 12.5. The van der Waals surface area contributed by atoms with Crippen molar-refractivity contribution in [1.82, 2.24) is 15.0 Å². The van der Waals surface area contributed by atoms with Crippen molar-refractivity contribution in [3.63, 3.8) is 0 Å². The van der Waals surface area contributed by atoms with E-state index >= 15 is 0 Å². The lowest BCUT2D eigenvalue weighted by Crippen LogP contribution is -2.02. The molecule has 0 saturated carbocycles. The maximum Gasteiger partial charge on any atom is 0.157 e. The van der Waals surface area contributed by atoms with Gasteiger partial charge in [-0.1, -0.05) is 18.2 Å². The van der Waals surface area contributed by atoms with Crippen molar-refractivity contribution >= 4 is 16.7 Å². The van der Waals surface area contributed by atoms with Gasteiger partial charge in [-0.3, -0.25) is 4.98 Å². The van der Waals surface area contributed by atoms with Crippen molar-refractivity contribution < 1.29 is 4.74 Å². The number of nitrogens with zero attached hydrogens (tertiary/aromatic N) is 3. The summed E-state index contributed by atoms with van der Waals surface area (Å²) in [6, 6.07) is 11.7. The third-order valence-corrected chi connectivity index (χ3v) is 2.95. The van der Waals surface area contributed by atoms with Crippen molar-refractivity contribution in [3.8, 4) is 11.3 Å². The van der Waals surface area contributed by atoms with E-state index in [9.17, 15) is 0 Å². The number of para-hydroxylation sites is 1. The Bertz CT molecular complexity index is 758. The summed E-state index contributed by atoms with van der Waals surface area (Å²) in [5.74, 6) is 0.992. The maximum atomic E-state index is 5.81. The van der Waals surface area contributed by atoms with Crippen molar-refractivity contribution in [2.45, 2.75) is 6.61 Å². The fourth-order valence-corrected chi connectivity index (χ4v) is 2.07. The van der Waals surface area contributed by atoms with E-state index < -0.39 is 0 Å². The van der Waals surface area contributed by atoms with Crippen LogP contribution in [0.4, 0.5) is 5.82 Å². The largest absolute Gasteiger partial charge is 0.384 e. The highest BCUT2D eigenvalue weighted by Crippen LogP contribution is 2.22. The number of fused-ring (bicyclic) bond motifs is 1. The molecule has 0 radical (unpaired) electrons. The summed E-state index contributed by atoms with van der Waals surface area (Å²) < 4.78 is 5.05. The Balaban J connectivity index is 2.10. The summed E-state index contributed by atoms with van der Waals surface area (Å²) in [6.07, 6.45) is 1.79. The molecule has 0 spiro atoms. The molecule has 0 amide bonds. The van der Waals surface area contributed by atoms with Gasteiger partial charge < -0.3 is 10.5 Å². The number of methoxy groups -OCH3 is 1. The fourth-order valence-electron chi connectivity index (χ4n) is 2.07. The molecule has 0 aliphatic heterocycles. The Morgan fingerprint density at radius 2 is 2.00 bits per heavy atom. The van der Waals surface area contributed by atoms with Gasteiger partial charge in [-0.2, -0.15) is 0 Å². The van der Waals surface area contributed by atoms with Gasteiger partial charge in [0.2, 0.25) is 0 Å². The zero-order chi connectivity index (χ0) is 13.9. The zero-order valence-electron chi connectivity index (χ0n) is 11.1. The Labute approximate surface area is 116 Å². The molecular formula is C15H14N4O. The number of aromatic nitrogens is 3. The number of hydrogen-bond donors (Lipinski definition) is 1. The van der Waals surface area contributed by atoms with Crippen LogP contribution in [0.3, 0.4) is 0 Å². The molecule has 3 aromatic rings. The number of anilines is 1. The quantitative estimate of drug-likeness (QED) is 0.788. The lowest BCUT2D eigenvalue weighted by atomic mass is 10.1. The van der Waals surface area contributed by atoms with E-state index in [0.29, 0.717) is 18.2 Å². The third kappa shape index (κ3) is 2.44. The number of nitrogen functional groups attached to an aromatic ring is 1. The zero-order valence-corrected chi connectivity index (χ0v) is 11.1. The van der Waals surface area contributed by atoms with E-state index in [1.807, 2.05) is 30.3 Å². The van der Waals surface area contributed by atoms with Crippen molar-refractivity contribution in [1.29, 1.82) is 0 Å². The molecule has 0 aliphatic rings. The molecule has 2 N–H and O–H groups in total. The summed E-state index contributed by atoms with van der Waals surface area (Å²) in [5, 5.41) is 1.07. The van der Waals surface area contributed by atoms with Crippen LogP contribution in [0, 0.1) is 0 Å². The van der Waals surface area contributed by atoms with Crippen LogP contribution < -0.4 is 5.73 Å². The lowest BCUT2D eigenvalue weighted by Gasteiger charge is -2.06. The van der Waals surface area contributed by atoms with Gasteiger partial charge in [0.25, 0.3) is 0 Å². The van der Waals surface area contributed by atoms with Crippen molar-refractivity contribution in [3.05, 3.63) is 48.4 Å². The molecular weight excluding hydrogens is 252 g/mol. The highest BCUT2D eigenvalue weighted by molar-refractivity contribution is 5.82. The summed E-state index contributed by atoms with van der Waals surface area (Å²) in [5.41, 5.74) is 8.43. The van der Waals surface area contributed by atoms with E-state index in [1.165, 1.54) is 0 Å². The summed E-state index contributed by atoms with van der Waals surface area (Å²) in [4.78, 5) is 13.0. The van der Waals surface area contributed by atoms with Gasteiger partial charge in [-0.15, -0.1) is 0 Å². The van der Waals surface area contributed by atoms with Crippen LogP contribution in [0.15, 0.2) is 42.6 Å². The molecule has 0 atom stereocenters. The molecule has 5 nitrogen and oxygen atoms in total. The molecule has 0 unspecified atom stereocenters. The average molecular weight is 266 g/mol. The monoisotopic (exact) mass is 266 g/mol. The summed E-state index contributed by atoms with van der Waals surface area (Å²) in [6.45, 7) is 0.332. The number of nitrogens with two attached hydrogens (primary N) is 1. The molecule has 2 aromatic heterocycles. The van der Waals surface area contributed by atoms with Gasteiger partial charge in [-0.05, 0) is 12.1 Å². The number of hydrogen-bond acceptors (Lipinski definition) is 5. The number of ether oxygens (including phenoxy) is 1. The van der Waals surface area contributed by atoms with Gasteiger partial charge in [0, 0.05) is 30.3 Å². The van der Waals surface area contributed by atoms with Crippen LogP contribution in [0.25, 0.3) is 22.2 Å². The fraction of sp³-hybridized carbons (Fsp3) is 0.133. The minimum Gasteiger partial charge on any atom is -0.384 e. The van der Waals surface area contributed by atoms with E-state index in [-0.39, 0.29) is 0 Å². The molecule has 100 valence electrons. The van der Waals surface area contributed by atoms with Crippen LogP contribution >= 0.6 is 0 Å². The van der Waals surface area contributed by atoms with Gasteiger partial charge in [0.1, 0.15) is 12.4 Å². The second kappa shape index (κ2) is 5.22. The van der Waals surface area contributed by atoms with Gasteiger partial charge >= 0.3 is 0 Å². The Morgan fingerprint density at radius 3 is 2.85 bits per heavy atom. The molecule has 20 heavy (non-hydrogen) atoms. The van der Waals surface area contributed by atoms with Crippen LogP contribution in [-0.2, 0) is 11.3 Å².